The zero-order chi connectivity index (χ0) is 12.1. The molecule has 0 fully saturated rings. The monoisotopic (exact) mass is 243 g/mol. The summed E-state index contributed by atoms with van der Waals surface area (Å²) in [5, 5.41) is 11.6. The van der Waals surface area contributed by atoms with Gasteiger partial charge in [-0.25, -0.2) is 4.79 Å². The van der Waals surface area contributed by atoms with Crippen LogP contribution in [-0.4, -0.2) is 30.7 Å². The van der Waals surface area contributed by atoms with Gasteiger partial charge in [0.1, 0.15) is 6.61 Å². The molecule has 6 heteroatoms. The number of carboxylic acid groups (broad SMARTS) is 1. The van der Waals surface area contributed by atoms with Gasteiger partial charge in [-0.1, -0.05) is 11.6 Å². The molecule has 0 aliphatic carbocycles. The van der Waals surface area contributed by atoms with Crippen molar-refractivity contribution in [3.05, 3.63) is 28.8 Å². The van der Waals surface area contributed by atoms with Crippen LogP contribution in [0.25, 0.3) is 0 Å². The Morgan fingerprint density at radius 3 is 2.75 bits per heavy atom. The molecule has 0 bridgehead atoms. The molecular weight excluding hydrogens is 234 g/mol. The summed E-state index contributed by atoms with van der Waals surface area (Å²) >= 11 is 5.66. The number of nitrogens with one attached hydrogen (secondary N) is 1. The van der Waals surface area contributed by atoms with Crippen LogP contribution in [0.3, 0.4) is 0 Å². The van der Waals surface area contributed by atoms with Crippen LogP contribution in [0.15, 0.2) is 18.2 Å². The molecule has 0 aliphatic heterocycles. The summed E-state index contributed by atoms with van der Waals surface area (Å²) < 4.78 is 4.61. The number of amides is 1. The van der Waals surface area contributed by atoms with E-state index in [4.69, 9.17) is 16.7 Å². The fourth-order valence-electron chi connectivity index (χ4n) is 1.12. The third-order valence-electron chi connectivity index (χ3n) is 1.76. The van der Waals surface area contributed by atoms with Gasteiger partial charge in [0.2, 0.25) is 5.91 Å². The second kappa shape index (κ2) is 5.48. The molecule has 1 rings (SSSR count). The number of carbonyl (C=O) groups excluding carboxylic acids is 1. The molecule has 2 N–H and O–H groups in total. The smallest absolute Gasteiger partial charge is 0.337 e. The summed E-state index contributed by atoms with van der Waals surface area (Å²) in [5.41, 5.74) is 0.135. The predicted octanol–water partition coefficient (Wildman–Crippen LogP) is 1.62. The lowest BCUT2D eigenvalue weighted by molar-refractivity contribution is -0.119. The normalized spacial score (nSPS) is 9.88. The molecule has 0 saturated heterocycles. The topological polar surface area (TPSA) is 75.6 Å². The molecule has 0 aliphatic rings. The molecule has 5 nitrogen and oxygen atoms in total. The lowest BCUT2D eigenvalue weighted by Crippen LogP contribution is -2.19. The Balaban J connectivity index is 2.95. The van der Waals surface area contributed by atoms with Crippen molar-refractivity contribution in [2.45, 2.75) is 0 Å². The van der Waals surface area contributed by atoms with E-state index >= 15 is 0 Å². The van der Waals surface area contributed by atoms with E-state index in [-0.39, 0.29) is 17.9 Å². The Hall–Kier alpha value is -1.59. The standard InChI is InChI=1S/C10H10ClNO4/c1-16-5-9(13)12-8-3-2-6(11)4-7(8)10(14)15/h2-4H,5H2,1H3,(H,12,13)(H,14,15). The van der Waals surface area contributed by atoms with Gasteiger partial charge in [-0.15, -0.1) is 0 Å². The molecule has 86 valence electrons. The van der Waals surface area contributed by atoms with Crippen LogP contribution < -0.4 is 5.32 Å². The number of carbonyl (C=O) groups is 2. The number of rotatable bonds is 4. The fraction of sp³-hybridized carbons (Fsp3) is 0.200. The highest BCUT2D eigenvalue weighted by molar-refractivity contribution is 6.31. The van der Waals surface area contributed by atoms with Gasteiger partial charge in [-0.05, 0) is 18.2 Å². The van der Waals surface area contributed by atoms with Crippen molar-refractivity contribution in [1.29, 1.82) is 0 Å². The predicted molar refractivity (Wildman–Crippen MR) is 58.9 cm³/mol. The van der Waals surface area contributed by atoms with E-state index in [9.17, 15) is 9.59 Å². The largest absolute Gasteiger partial charge is 0.478 e. The second-order valence-corrected chi connectivity index (χ2v) is 3.41. The van der Waals surface area contributed by atoms with E-state index in [0.717, 1.165) is 0 Å². The maximum atomic E-state index is 11.2. The Bertz CT molecular complexity index is 419. The molecule has 1 aromatic carbocycles. The van der Waals surface area contributed by atoms with Crippen LogP contribution in [0.4, 0.5) is 5.69 Å². The maximum Gasteiger partial charge on any atom is 0.337 e. The molecule has 0 unspecified atom stereocenters. The molecule has 0 heterocycles. The van der Waals surface area contributed by atoms with Crippen molar-refractivity contribution >= 4 is 29.2 Å². The van der Waals surface area contributed by atoms with Crippen molar-refractivity contribution in [3.63, 3.8) is 0 Å². The first-order valence-corrected chi connectivity index (χ1v) is 4.74. The molecule has 0 aromatic heterocycles. The molecule has 0 radical (unpaired) electrons. The van der Waals surface area contributed by atoms with Gasteiger partial charge in [0.25, 0.3) is 0 Å². The summed E-state index contributed by atoms with van der Waals surface area (Å²) in [5.74, 6) is -1.58. The maximum absolute atomic E-state index is 11.2. The van der Waals surface area contributed by atoms with Gasteiger partial charge in [0.15, 0.2) is 0 Å². The van der Waals surface area contributed by atoms with Crippen molar-refractivity contribution in [2.24, 2.45) is 0 Å². The summed E-state index contributed by atoms with van der Waals surface area (Å²) in [7, 11) is 1.37. The van der Waals surface area contributed by atoms with Gasteiger partial charge >= 0.3 is 5.97 Å². The SMILES string of the molecule is COCC(=O)Nc1ccc(Cl)cc1C(=O)O. The van der Waals surface area contributed by atoms with Gasteiger partial charge in [-0.2, -0.15) is 0 Å². The zero-order valence-corrected chi connectivity index (χ0v) is 9.25. The average molecular weight is 244 g/mol. The number of anilines is 1. The number of hydrogen-bond donors (Lipinski definition) is 2. The molecule has 1 amide bonds. The number of ether oxygens (including phenoxy) is 1. The lowest BCUT2D eigenvalue weighted by Gasteiger charge is -2.08. The van der Waals surface area contributed by atoms with Crippen LogP contribution in [0, 0.1) is 0 Å². The van der Waals surface area contributed by atoms with Crippen molar-refractivity contribution < 1.29 is 19.4 Å². The highest BCUT2D eigenvalue weighted by Crippen LogP contribution is 2.20. The van der Waals surface area contributed by atoms with Gasteiger partial charge in [0, 0.05) is 12.1 Å². The third kappa shape index (κ3) is 3.22. The Morgan fingerprint density at radius 1 is 1.50 bits per heavy atom. The highest BCUT2D eigenvalue weighted by atomic mass is 35.5. The van der Waals surface area contributed by atoms with Crippen LogP contribution in [0.5, 0.6) is 0 Å². The molecule has 1 aromatic rings. The first-order valence-electron chi connectivity index (χ1n) is 4.36. The number of benzene rings is 1. The van der Waals surface area contributed by atoms with E-state index in [1.165, 1.54) is 25.3 Å². The Morgan fingerprint density at radius 2 is 2.19 bits per heavy atom. The van der Waals surface area contributed by atoms with Crippen LogP contribution >= 0.6 is 11.6 Å². The third-order valence-corrected chi connectivity index (χ3v) is 2.00. The highest BCUT2D eigenvalue weighted by Gasteiger charge is 2.12. The first kappa shape index (κ1) is 12.5. The summed E-state index contributed by atoms with van der Waals surface area (Å²) in [6, 6.07) is 4.20. The quantitative estimate of drug-likeness (QED) is 0.843. The van der Waals surface area contributed by atoms with Crippen molar-refractivity contribution in [3.8, 4) is 0 Å². The van der Waals surface area contributed by atoms with Crippen LogP contribution in [0.1, 0.15) is 10.4 Å². The Labute approximate surface area is 97.0 Å². The summed E-state index contributed by atoms with van der Waals surface area (Å²) in [6.45, 7) is -0.137. The minimum absolute atomic E-state index is 0.0584. The van der Waals surface area contributed by atoms with E-state index in [0.29, 0.717) is 5.02 Å². The number of aromatic carboxylic acids is 1. The Kier molecular flexibility index (Phi) is 4.28. The van der Waals surface area contributed by atoms with Crippen LogP contribution in [0.2, 0.25) is 5.02 Å². The second-order valence-electron chi connectivity index (χ2n) is 2.98. The number of hydrogen-bond acceptors (Lipinski definition) is 3. The van der Waals surface area contributed by atoms with E-state index < -0.39 is 11.9 Å². The molecule has 0 saturated carbocycles. The number of halogens is 1. The molecule has 0 atom stereocenters. The molecular formula is C10H10ClNO4. The lowest BCUT2D eigenvalue weighted by atomic mass is 10.2. The van der Waals surface area contributed by atoms with Gasteiger partial charge < -0.3 is 15.2 Å². The molecule has 0 spiro atoms. The molecule has 16 heavy (non-hydrogen) atoms. The minimum Gasteiger partial charge on any atom is -0.478 e. The minimum atomic E-state index is -1.16. The van der Waals surface area contributed by atoms with E-state index in [1.807, 2.05) is 0 Å². The fourth-order valence-corrected chi connectivity index (χ4v) is 1.29. The van der Waals surface area contributed by atoms with E-state index in [1.54, 1.807) is 0 Å². The van der Waals surface area contributed by atoms with Crippen molar-refractivity contribution in [1.82, 2.24) is 0 Å². The average Bonchev–Trinajstić information content (AvgIpc) is 2.20. The number of methoxy groups -OCH3 is 1. The summed E-state index contributed by atoms with van der Waals surface area (Å²) in [6.07, 6.45) is 0. The zero-order valence-electron chi connectivity index (χ0n) is 8.49. The number of carboxylic acids is 1. The van der Waals surface area contributed by atoms with Crippen molar-refractivity contribution in [2.75, 3.05) is 19.0 Å². The van der Waals surface area contributed by atoms with Crippen LogP contribution in [-0.2, 0) is 9.53 Å². The first-order chi connectivity index (χ1) is 7.54. The summed E-state index contributed by atoms with van der Waals surface area (Å²) in [4.78, 5) is 22.1. The van der Waals surface area contributed by atoms with Gasteiger partial charge in [0.05, 0.1) is 11.3 Å². The van der Waals surface area contributed by atoms with E-state index in [2.05, 4.69) is 10.1 Å². The van der Waals surface area contributed by atoms with Gasteiger partial charge in [-0.3, -0.25) is 4.79 Å².